The lowest BCUT2D eigenvalue weighted by Crippen LogP contribution is -2.26. The molecular formula is C13H15NO2S. The van der Waals surface area contributed by atoms with E-state index in [4.69, 9.17) is 0 Å². The maximum atomic E-state index is 11.6. The largest absolute Gasteiger partial charge is 0.310 e. The Labute approximate surface area is 101 Å². The molecule has 4 heteroatoms. The van der Waals surface area contributed by atoms with E-state index < -0.39 is 9.84 Å². The lowest BCUT2D eigenvalue weighted by molar-refractivity contribution is 0.412. The molecule has 0 aromatic heterocycles. The zero-order valence-electron chi connectivity index (χ0n) is 9.52. The molecule has 1 unspecified atom stereocenters. The van der Waals surface area contributed by atoms with Crippen LogP contribution in [0.1, 0.15) is 36.4 Å². The average molecular weight is 249 g/mol. The number of nitrogens with one attached hydrogen (secondary N) is 1. The van der Waals surface area contributed by atoms with E-state index in [9.17, 15) is 8.42 Å². The minimum Gasteiger partial charge on any atom is -0.310 e. The Morgan fingerprint density at radius 1 is 1.24 bits per heavy atom. The number of hydrogen-bond acceptors (Lipinski definition) is 3. The molecule has 0 spiro atoms. The summed E-state index contributed by atoms with van der Waals surface area (Å²) >= 11 is 0. The summed E-state index contributed by atoms with van der Waals surface area (Å²) in [5.41, 5.74) is 2.03. The van der Waals surface area contributed by atoms with Crippen LogP contribution >= 0.6 is 0 Å². The summed E-state index contributed by atoms with van der Waals surface area (Å²) in [5.74, 6) is 0. The summed E-state index contributed by atoms with van der Waals surface area (Å²) in [4.78, 5) is 0.442. The van der Waals surface area contributed by atoms with Crippen molar-refractivity contribution in [1.82, 2.24) is 5.32 Å². The summed E-state index contributed by atoms with van der Waals surface area (Å²) in [6.07, 6.45) is 5.30. The zero-order valence-corrected chi connectivity index (χ0v) is 10.3. The van der Waals surface area contributed by atoms with Gasteiger partial charge < -0.3 is 5.32 Å². The predicted molar refractivity (Wildman–Crippen MR) is 67.3 cm³/mol. The Hall–Kier alpha value is -1.13. The maximum Gasteiger partial charge on any atom is 0.200 e. The Bertz CT molecular complexity index is 569. The van der Waals surface area contributed by atoms with Crippen molar-refractivity contribution in [2.75, 3.05) is 6.54 Å². The fraction of sp³-hybridized carbons (Fsp3) is 0.385. The van der Waals surface area contributed by atoms with Crippen molar-refractivity contribution < 1.29 is 8.42 Å². The molecule has 3 nitrogen and oxygen atoms in total. The molecule has 0 radical (unpaired) electrons. The summed E-state index contributed by atoms with van der Waals surface area (Å²) < 4.78 is 23.3. The van der Waals surface area contributed by atoms with Crippen LogP contribution in [-0.2, 0) is 9.84 Å². The normalized spacial score (nSPS) is 25.8. The van der Waals surface area contributed by atoms with Crippen LogP contribution in [0.4, 0.5) is 0 Å². The molecule has 2 heterocycles. The Balaban J connectivity index is 1.97. The van der Waals surface area contributed by atoms with E-state index in [1.165, 1.54) is 23.8 Å². The van der Waals surface area contributed by atoms with Crippen molar-refractivity contribution in [3.05, 3.63) is 34.7 Å². The first-order chi connectivity index (χ1) is 8.17. The summed E-state index contributed by atoms with van der Waals surface area (Å²) in [7, 11) is -3.15. The van der Waals surface area contributed by atoms with Gasteiger partial charge in [-0.05, 0) is 48.7 Å². The molecule has 1 saturated heterocycles. The minimum absolute atomic E-state index is 0.380. The lowest BCUT2D eigenvalue weighted by Gasteiger charge is -2.24. The highest BCUT2D eigenvalue weighted by molar-refractivity contribution is 7.94. The third-order valence-corrected chi connectivity index (χ3v) is 4.96. The van der Waals surface area contributed by atoms with E-state index in [0.717, 1.165) is 18.5 Å². The molecule has 1 atom stereocenters. The third-order valence-electron chi connectivity index (χ3n) is 3.48. The van der Waals surface area contributed by atoms with Gasteiger partial charge >= 0.3 is 0 Å². The van der Waals surface area contributed by atoms with Gasteiger partial charge in [0.25, 0.3) is 0 Å². The average Bonchev–Trinajstić information content (AvgIpc) is 2.66. The monoisotopic (exact) mass is 249 g/mol. The molecule has 0 bridgehead atoms. The smallest absolute Gasteiger partial charge is 0.200 e. The zero-order chi connectivity index (χ0) is 11.9. The van der Waals surface area contributed by atoms with Crippen molar-refractivity contribution in [2.45, 2.75) is 30.2 Å². The number of sulfone groups is 1. The first-order valence-electron chi connectivity index (χ1n) is 5.97. The predicted octanol–water partition coefficient (Wildman–Crippen LogP) is 2.26. The summed E-state index contributed by atoms with van der Waals surface area (Å²) in [6, 6.07) is 6.05. The van der Waals surface area contributed by atoms with Gasteiger partial charge in [0.1, 0.15) is 0 Å². The van der Waals surface area contributed by atoms with Crippen molar-refractivity contribution >= 4 is 15.9 Å². The molecule has 0 amide bonds. The van der Waals surface area contributed by atoms with Crippen molar-refractivity contribution in [1.29, 1.82) is 0 Å². The first kappa shape index (κ1) is 11.0. The SMILES string of the molecule is O=S1(=O)C=Cc2cc(C3CCCCN3)ccc21. The fourth-order valence-electron chi connectivity index (χ4n) is 2.55. The number of benzene rings is 1. The second kappa shape index (κ2) is 3.96. The first-order valence-corrected chi connectivity index (χ1v) is 7.52. The standard InChI is InChI=1S/C13H15NO2S/c15-17(16)8-6-11-9-10(4-5-13(11)17)12-3-1-2-7-14-12/h4-6,8-9,12,14H,1-3,7H2. The maximum absolute atomic E-state index is 11.6. The van der Waals surface area contributed by atoms with Gasteiger partial charge in [-0.3, -0.25) is 0 Å². The minimum atomic E-state index is -3.15. The molecule has 2 aliphatic heterocycles. The van der Waals surface area contributed by atoms with Gasteiger partial charge in [-0.25, -0.2) is 8.42 Å². The van der Waals surface area contributed by atoms with Crippen LogP contribution in [0, 0.1) is 0 Å². The number of rotatable bonds is 1. The topological polar surface area (TPSA) is 46.2 Å². The van der Waals surface area contributed by atoms with Gasteiger partial charge in [0.2, 0.25) is 0 Å². The van der Waals surface area contributed by atoms with Crippen LogP contribution in [0.3, 0.4) is 0 Å². The Morgan fingerprint density at radius 3 is 2.88 bits per heavy atom. The summed E-state index contributed by atoms with van der Waals surface area (Å²) in [5, 5.41) is 4.76. The molecule has 1 fully saturated rings. The Kier molecular flexibility index (Phi) is 2.56. The molecule has 0 aliphatic carbocycles. The second-order valence-corrected chi connectivity index (χ2v) is 6.45. The van der Waals surface area contributed by atoms with Gasteiger partial charge in [-0.1, -0.05) is 12.5 Å². The van der Waals surface area contributed by atoms with Gasteiger partial charge in [0.15, 0.2) is 9.84 Å². The van der Waals surface area contributed by atoms with Crippen LogP contribution in [0.25, 0.3) is 6.08 Å². The highest BCUT2D eigenvalue weighted by atomic mass is 32.2. The molecule has 1 aromatic rings. The number of hydrogen-bond donors (Lipinski definition) is 1. The van der Waals surface area contributed by atoms with Crippen molar-refractivity contribution in [3.63, 3.8) is 0 Å². The van der Waals surface area contributed by atoms with Crippen LogP contribution < -0.4 is 5.32 Å². The molecule has 1 aromatic carbocycles. The van der Waals surface area contributed by atoms with Gasteiger partial charge in [0.05, 0.1) is 4.90 Å². The fourth-order valence-corrected chi connectivity index (χ4v) is 3.73. The van der Waals surface area contributed by atoms with E-state index in [1.807, 2.05) is 12.1 Å². The molecule has 0 saturated carbocycles. The highest BCUT2D eigenvalue weighted by Crippen LogP contribution is 2.31. The molecular weight excluding hydrogens is 234 g/mol. The van der Waals surface area contributed by atoms with Crippen LogP contribution in [0.15, 0.2) is 28.5 Å². The van der Waals surface area contributed by atoms with E-state index in [2.05, 4.69) is 5.32 Å². The van der Waals surface area contributed by atoms with Crippen molar-refractivity contribution in [3.8, 4) is 0 Å². The van der Waals surface area contributed by atoms with Crippen LogP contribution in [-0.4, -0.2) is 15.0 Å². The van der Waals surface area contributed by atoms with Crippen molar-refractivity contribution in [2.24, 2.45) is 0 Å². The lowest BCUT2D eigenvalue weighted by atomic mass is 9.96. The molecule has 90 valence electrons. The third kappa shape index (κ3) is 1.91. The van der Waals surface area contributed by atoms with E-state index >= 15 is 0 Å². The van der Waals surface area contributed by atoms with E-state index in [-0.39, 0.29) is 0 Å². The van der Waals surface area contributed by atoms with Gasteiger partial charge in [-0.15, -0.1) is 0 Å². The number of fused-ring (bicyclic) bond motifs is 1. The highest BCUT2D eigenvalue weighted by Gasteiger charge is 2.22. The van der Waals surface area contributed by atoms with E-state index in [1.54, 1.807) is 12.1 Å². The van der Waals surface area contributed by atoms with Crippen LogP contribution in [0.5, 0.6) is 0 Å². The Morgan fingerprint density at radius 2 is 2.12 bits per heavy atom. The summed E-state index contributed by atoms with van der Waals surface area (Å²) in [6.45, 7) is 1.05. The molecule has 17 heavy (non-hydrogen) atoms. The van der Waals surface area contributed by atoms with Gasteiger partial charge in [0, 0.05) is 11.4 Å². The van der Waals surface area contributed by atoms with Crippen LogP contribution in [0.2, 0.25) is 0 Å². The molecule has 2 aliphatic rings. The molecule has 3 rings (SSSR count). The van der Waals surface area contributed by atoms with Gasteiger partial charge in [-0.2, -0.15) is 0 Å². The second-order valence-electron chi connectivity index (χ2n) is 4.65. The number of piperidine rings is 1. The quantitative estimate of drug-likeness (QED) is 0.830. The molecule has 1 N–H and O–H groups in total. The van der Waals surface area contributed by atoms with E-state index in [0.29, 0.717) is 10.9 Å².